The molecule has 0 bridgehead atoms. The molecule has 0 spiro atoms. The van der Waals surface area contributed by atoms with E-state index in [0.29, 0.717) is 23.0 Å². The first kappa shape index (κ1) is 15.5. The van der Waals surface area contributed by atoms with Crippen molar-refractivity contribution in [3.8, 4) is 11.3 Å². The third-order valence-corrected chi connectivity index (χ3v) is 3.35. The molecule has 0 radical (unpaired) electrons. The van der Waals surface area contributed by atoms with E-state index in [2.05, 4.69) is 39.6 Å². The lowest BCUT2D eigenvalue weighted by atomic mass is 9.95. The number of nitrogens with two attached hydrogens (primary N) is 1. The molecule has 4 heteroatoms. The lowest BCUT2D eigenvalue weighted by Gasteiger charge is -2.21. The summed E-state index contributed by atoms with van der Waals surface area (Å²) in [6.07, 6.45) is 0. The number of nitrogen functional groups attached to an aromatic ring is 1. The predicted octanol–water partition coefficient (Wildman–Crippen LogP) is 4.22. The van der Waals surface area contributed by atoms with E-state index in [1.807, 2.05) is 4.57 Å². The Morgan fingerprint density at radius 3 is 2.38 bits per heavy atom. The molecule has 3 nitrogen and oxygen atoms in total. The number of halogens is 1. The third kappa shape index (κ3) is 3.09. The highest BCUT2D eigenvalue weighted by molar-refractivity contribution is 5.71. The van der Waals surface area contributed by atoms with Gasteiger partial charge in [0.25, 0.3) is 0 Å². The molecule has 0 saturated carbocycles. The Morgan fingerprint density at radius 1 is 1.24 bits per heavy atom. The summed E-state index contributed by atoms with van der Waals surface area (Å²) >= 11 is 0. The lowest BCUT2D eigenvalue weighted by molar-refractivity contribution is 0.455. The molecule has 21 heavy (non-hydrogen) atoms. The van der Waals surface area contributed by atoms with Gasteiger partial charge in [-0.25, -0.2) is 9.37 Å². The minimum Gasteiger partial charge on any atom is -0.383 e. The van der Waals surface area contributed by atoms with Crippen molar-refractivity contribution < 1.29 is 4.39 Å². The molecule has 0 aliphatic rings. The molecule has 0 aliphatic heterocycles. The van der Waals surface area contributed by atoms with Gasteiger partial charge in [-0.15, -0.1) is 0 Å². The van der Waals surface area contributed by atoms with E-state index in [4.69, 9.17) is 5.73 Å². The van der Waals surface area contributed by atoms with Gasteiger partial charge < -0.3 is 10.3 Å². The maximum absolute atomic E-state index is 14.1. The van der Waals surface area contributed by atoms with Gasteiger partial charge in [0.05, 0.1) is 0 Å². The van der Waals surface area contributed by atoms with Gasteiger partial charge in [0.1, 0.15) is 23.2 Å². The second-order valence-corrected chi connectivity index (χ2v) is 6.90. The molecule has 1 aromatic heterocycles. The lowest BCUT2D eigenvalue weighted by Crippen LogP contribution is -2.21. The van der Waals surface area contributed by atoms with Crippen LogP contribution >= 0.6 is 0 Å². The average Bonchev–Trinajstić information content (AvgIpc) is 2.67. The van der Waals surface area contributed by atoms with Crippen molar-refractivity contribution in [3.63, 3.8) is 0 Å². The van der Waals surface area contributed by atoms with Gasteiger partial charge in [0.15, 0.2) is 0 Å². The zero-order chi connectivity index (χ0) is 15.8. The second-order valence-electron chi connectivity index (χ2n) is 6.90. The highest BCUT2D eigenvalue weighted by Crippen LogP contribution is 2.33. The molecule has 0 aliphatic carbocycles. The van der Waals surface area contributed by atoms with E-state index in [0.717, 1.165) is 12.4 Å². The minimum atomic E-state index is -0.293. The van der Waals surface area contributed by atoms with Crippen molar-refractivity contribution in [1.82, 2.24) is 9.55 Å². The van der Waals surface area contributed by atoms with Crippen LogP contribution in [0.3, 0.4) is 0 Å². The topological polar surface area (TPSA) is 43.8 Å². The summed E-state index contributed by atoms with van der Waals surface area (Å²) in [5.41, 5.74) is 7.14. The summed E-state index contributed by atoms with van der Waals surface area (Å²) in [6.45, 7) is 11.3. The number of nitrogens with zero attached hydrogens (tertiary/aromatic N) is 2. The van der Waals surface area contributed by atoms with Crippen LogP contribution < -0.4 is 5.73 Å². The molecule has 114 valence electrons. The monoisotopic (exact) mass is 289 g/mol. The molecule has 2 N–H and O–H groups in total. The van der Waals surface area contributed by atoms with Crippen molar-refractivity contribution in [3.05, 3.63) is 35.9 Å². The van der Waals surface area contributed by atoms with Gasteiger partial charge in [-0.1, -0.05) is 46.8 Å². The first-order chi connectivity index (χ1) is 9.71. The Balaban J connectivity index is 2.65. The minimum absolute atomic E-state index is 0.146. The quantitative estimate of drug-likeness (QED) is 0.919. The van der Waals surface area contributed by atoms with E-state index in [1.165, 1.54) is 6.07 Å². The van der Waals surface area contributed by atoms with E-state index >= 15 is 0 Å². The normalized spacial score (nSPS) is 12.1. The van der Waals surface area contributed by atoms with Crippen LogP contribution in [0.1, 0.15) is 40.4 Å². The van der Waals surface area contributed by atoms with Crippen molar-refractivity contribution in [2.75, 3.05) is 5.73 Å². The van der Waals surface area contributed by atoms with E-state index in [1.54, 1.807) is 18.2 Å². The Bertz CT molecular complexity index is 636. The van der Waals surface area contributed by atoms with E-state index in [-0.39, 0.29) is 11.2 Å². The number of benzene rings is 1. The van der Waals surface area contributed by atoms with Crippen LogP contribution in [0.25, 0.3) is 11.3 Å². The van der Waals surface area contributed by atoms with Gasteiger partial charge in [0, 0.05) is 17.5 Å². The molecule has 1 aromatic carbocycles. The molecular formula is C17H24FN3. The van der Waals surface area contributed by atoms with Gasteiger partial charge in [-0.05, 0) is 18.1 Å². The van der Waals surface area contributed by atoms with Crippen LogP contribution in [0.15, 0.2) is 24.3 Å². The fourth-order valence-corrected chi connectivity index (χ4v) is 2.44. The van der Waals surface area contributed by atoms with Gasteiger partial charge >= 0.3 is 0 Å². The fourth-order valence-electron chi connectivity index (χ4n) is 2.44. The first-order valence-corrected chi connectivity index (χ1v) is 7.33. The van der Waals surface area contributed by atoms with Crippen LogP contribution in [0.2, 0.25) is 0 Å². The van der Waals surface area contributed by atoms with E-state index in [9.17, 15) is 4.39 Å². The molecule has 0 saturated heterocycles. The fraction of sp³-hybridized carbons (Fsp3) is 0.471. The van der Waals surface area contributed by atoms with Crippen molar-refractivity contribution in [1.29, 1.82) is 0 Å². The highest BCUT2D eigenvalue weighted by Gasteiger charge is 2.26. The van der Waals surface area contributed by atoms with Crippen molar-refractivity contribution >= 4 is 5.82 Å². The molecule has 0 amide bonds. The number of hydrogen-bond acceptors (Lipinski definition) is 2. The summed E-state index contributed by atoms with van der Waals surface area (Å²) in [4.78, 5) is 4.66. The largest absolute Gasteiger partial charge is 0.383 e. The van der Waals surface area contributed by atoms with Crippen molar-refractivity contribution in [2.24, 2.45) is 5.92 Å². The Morgan fingerprint density at radius 2 is 1.86 bits per heavy atom. The first-order valence-electron chi connectivity index (χ1n) is 7.33. The second kappa shape index (κ2) is 5.51. The Hall–Kier alpha value is -1.84. The molecule has 0 fully saturated rings. The average molecular weight is 289 g/mol. The zero-order valence-electron chi connectivity index (χ0n) is 13.4. The van der Waals surface area contributed by atoms with Gasteiger partial charge in [0.2, 0.25) is 0 Å². The van der Waals surface area contributed by atoms with Crippen LogP contribution in [0.5, 0.6) is 0 Å². The van der Waals surface area contributed by atoms with Gasteiger partial charge in [-0.2, -0.15) is 0 Å². The smallest absolute Gasteiger partial charge is 0.132 e. The summed E-state index contributed by atoms with van der Waals surface area (Å²) < 4.78 is 16.1. The predicted molar refractivity (Wildman–Crippen MR) is 85.6 cm³/mol. The van der Waals surface area contributed by atoms with Crippen LogP contribution in [-0.4, -0.2) is 9.55 Å². The summed E-state index contributed by atoms with van der Waals surface area (Å²) in [5.74, 6) is 1.58. The Kier molecular flexibility index (Phi) is 4.08. The molecule has 0 atom stereocenters. The summed E-state index contributed by atoms with van der Waals surface area (Å²) in [6, 6.07) is 6.63. The standard InChI is InChI=1S/C17H24FN3/c1-11(2)10-21-15(19)14(20-16(21)17(3,4)5)12-8-6-7-9-13(12)18/h6-9,11H,10,19H2,1-5H3. The summed E-state index contributed by atoms with van der Waals surface area (Å²) in [7, 11) is 0. The summed E-state index contributed by atoms with van der Waals surface area (Å²) in [5, 5.41) is 0. The number of hydrogen-bond donors (Lipinski definition) is 1. The van der Waals surface area contributed by atoms with Crippen LogP contribution in [-0.2, 0) is 12.0 Å². The van der Waals surface area contributed by atoms with Crippen LogP contribution in [0.4, 0.5) is 10.2 Å². The van der Waals surface area contributed by atoms with Crippen LogP contribution in [0, 0.1) is 11.7 Å². The number of aromatic nitrogens is 2. The number of anilines is 1. The maximum atomic E-state index is 14.1. The number of rotatable bonds is 3. The highest BCUT2D eigenvalue weighted by atomic mass is 19.1. The molecule has 2 aromatic rings. The Labute approximate surface area is 126 Å². The van der Waals surface area contributed by atoms with E-state index < -0.39 is 0 Å². The van der Waals surface area contributed by atoms with Gasteiger partial charge in [-0.3, -0.25) is 0 Å². The SMILES string of the molecule is CC(C)Cn1c(C(C)(C)C)nc(-c2ccccc2F)c1N. The van der Waals surface area contributed by atoms with Crippen molar-refractivity contribution in [2.45, 2.75) is 46.6 Å². The zero-order valence-corrected chi connectivity index (χ0v) is 13.4. The molecule has 1 heterocycles. The number of imidazole rings is 1. The molecule has 0 unspecified atom stereocenters. The maximum Gasteiger partial charge on any atom is 0.132 e. The third-order valence-electron chi connectivity index (χ3n) is 3.35. The molecular weight excluding hydrogens is 265 g/mol. The molecule has 2 rings (SSSR count).